The zero-order valence-corrected chi connectivity index (χ0v) is 20.5. The Labute approximate surface area is 206 Å². The second-order valence-corrected chi connectivity index (χ2v) is 9.10. The molecule has 176 valence electrons. The number of esters is 1. The van der Waals surface area contributed by atoms with Crippen molar-refractivity contribution >= 4 is 28.7 Å². The zero-order chi connectivity index (χ0) is 24.6. The molecule has 5 heteroatoms. The zero-order valence-electron chi connectivity index (χ0n) is 20.5. The minimum absolute atomic E-state index is 0.330. The molecule has 0 aliphatic carbocycles. The van der Waals surface area contributed by atoms with E-state index in [1.807, 2.05) is 82.8 Å². The molecule has 1 heterocycles. The summed E-state index contributed by atoms with van der Waals surface area (Å²) in [6.07, 6.45) is 0. The number of cyclic esters (lactones) is 1. The van der Waals surface area contributed by atoms with Crippen molar-refractivity contribution in [3.8, 4) is 0 Å². The first-order chi connectivity index (χ1) is 16.9. The molecule has 1 aliphatic rings. The number of hydrogen-bond acceptors (Lipinski definition) is 5. The Bertz CT molecular complexity index is 1330. The summed E-state index contributed by atoms with van der Waals surface area (Å²) >= 11 is 0. The SMILES string of the molecule is CN(C)c1ccc(N(c2ccccc2)C2(c3ccc(N(C)C)cc3)OC(=O)c3ccccc32)cc1. The highest BCUT2D eigenvalue weighted by atomic mass is 16.6. The average Bonchev–Trinajstić information content (AvgIpc) is 3.18. The molecule has 1 atom stereocenters. The smallest absolute Gasteiger partial charge is 0.341 e. The number of anilines is 4. The standard InChI is InChI=1S/C30H29N3O2/c1-31(2)23-16-14-22(15-17-23)30(28-13-9-8-12-27(28)29(34)35-30)33(25-10-6-5-7-11-25)26-20-18-24(19-21-26)32(3)4/h5-21H,1-4H3. The topological polar surface area (TPSA) is 36.0 Å². The lowest BCUT2D eigenvalue weighted by atomic mass is 9.90. The highest BCUT2D eigenvalue weighted by Crippen LogP contribution is 2.50. The van der Waals surface area contributed by atoms with Crippen LogP contribution in [0.4, 0.5) is 22.7 Å². The third kappa shape index (κ3) is 3.79. The predicted octanol–water partition coefficient (Wildman–Crippen LogP) is 6.03. The number of carbonyl (C=O) groups excluding carboxylic acids is 1. The molecular weight excluding hydrogens is 434 g/mol. The van der Waals surface area contributed by atoms with Crippen molar-refractivity contribution in [3.05, 3.63) is 120 Å². The van der Waals surface area contributed by atoms with Crippen molar-refractivity contribution in [2.75, 3.05) is 42.9 Å². The third-order valence-corrected chi connectivity index (χ3v) is 6.48. The number of fused-ring (bicyclic) bond motifs is 1. The molecule has 5 rings (SSSR count). The second kappa shape index (κ2) is 8.84. The van der Waals surface area contributed by atoms with Crippen molar-refractivity contribution in [2.24, 2.45) is 0 Å². The van der Waals surface area contributed by atoms with Crippen LogP contribution in [0, 0.1) is 0 Å². The van der Waals surface area contributed by atoms with E-state index < -0.39 is 5.72 Å². The van der Waals surface area contributed by atoms with Gasteiger partial charge in [0.2, 0.25) is 5.72 Å². The molecule has 35 heavy (non-hydrogen) atoms. The van der Waals surface area contributed by atoms with Gasteiger partial charge in [-0.3, -0.25) is 4.90 Å². The Hall–Kier alpha value is -4.25. The summed E-state index contributed by atoms with van der Waals surface area (Å²) in [5.41, 5.74) is 5.12. The van der Waals surface area contributed by atoms with E-state index >= 15 is 0 Å². The number of ether oxygens (including phenoxy) is 1. The van der Waals surface area contributed by atoms with Crippen LogP contribution >= 0.6 is 0 Å². The summed E-state index contributed by atoms with van der Waals surface area (Å²) in [4.78, 5) is 19.5. The molecule has 0 fully saturated rings. The maximum absolute atomic E-state index is 13.3. The van der Waals surface area contributed by atoms with Gasteiger partial charge in [0.15, 0.2) is 0 Å². The summed E-state index contributed by atoms with van der Waals surface area (Å²) in [5, 5.41) is 0. The van der Waals surface area contributed by atoms with Crippen molar-refractivity contribution in [1.29, 1.82) is 0 Å². The molecule has 4 aromatic carbocycles. The lowest BCUT2D eigenvalue weighted by Gasteiger charge is -2.42. The van der Waals surface area contributed by atoms with Crippen LogP contribution in [-0.4, -0.2) is 34.2 Å². The van der Waals surface area contributed by atoms with E-state index in [0.29, 0.717) is 5.56 Å². The minimum Gasteiger partial charge on any atom is -0.426 e. The maximum Gasteiger partial charge on any atom is 0.341 e. The normalized spacial score (nSPS) is 16.4. The largest absolute Gasteiger partial charge is 0.426 e. The molecule has 1 unspecified atom stereocenters. The fourth-order valence-electron chi connectivity index (χ4n) is 4.69. The lowest BCUT2D eigenvalue weighted by molar-refractivity contribution is 0.0134. The Kier molecular flexibility index (Phi) is 5.69. The van der Waals surface area contributed by atoms with E-state index in [0.717, 1.165) is 33.9 Å². The van der Waals surface area contributed by atoms with E-state index in [2.05, 4.69) is 63.2 Å². The summed E-state index contributed by atoms with van der Waals surface area (Å²) in [6.45, 7) is 0. The number of carbonyl (C=O) groups is 1. The van der Waals surface area contributed by atoms with Crippen molar-refractivity contribution in [2.45, 2.75) is 5.72 Å². The van der Waals surface area contributed by atoms with Crippen LogP contribution in [0.15, 0.2) is 103 Å². The van der Waals surface area contributed by atoms with Crippen molar-refractivity contribution in [3.63, 3.8) is 0 Å². The predicted molar refractivity (Wildman–Crippen MR) is 143 cm³/mol. The number of nitrogens with zero attached hydrogens (tertiary/aromatic N) is 3. The number of para-hydroxylation sites is 1. The van der Waals surface area contributed by atoms with Gasteiger partial charge >= 0.3 is 5.97 Å². The van der Waals surface area contributed by atoms with Gasteiger partial charge in [0.25, 0.3) is 0 Å². The van der Waals surface area contributed by atoms with E-state index in [1.54, 1.807) is 0 Å². The molecule has 1 aliphatic heterocycles. The van der Waals surface area contributed by atoms with Gasteiger partial charge in [0, 0.05) is 62.1 Å². The Balaban J connectivity index is 1.80. The molecular formula is C30H29N3O2. The second-order valence-electron chi connectivity index (χ2n) is 9.10. The van der Waals surface area contributed by atoms with E-state index in [-0.39, 0.29) is 5.97 Å². The highest BCUT2D eigenvalue weighted by Gasteiger charge is 2.52. The van der Waals surface area contributed by atoms with Crippen LogP contribution in [0.25, 0.3) is 0 Å². The molecule has 5 nitrogen and oxygen atoms in total. The van der Waals surface area contributed by atoms with Crippen LogP contribution < -0.4 is 14.7 Å². The van der Waals surface area contributed by atoms with Crippen LogP contribution in [0.1, 0.15) is 21.5 Å². The van der Waals surface area contributed by atoms with E-state index in [9.17, 15) is 4.79 Å². The van der Waals surface area contributed by atoms with Crippen LogP contribution in [0.5, 0.6) is 0 Å². The van der Waals surface area contributed by atoms with Crippen LogP contribution in [-0.2, 0) is 10.5 Å². The van der Waals surface area contributed by atoms with Gasteiger partial charge in [-0.05, 0) is 54.6 Å². The van der Waals surface area contributed by atoms with Gasteiger partial charge < -0.3 is 14.5 Å². The molecule has 0 bridgehead atoms. The molecule has 0 spiro atoms. The first-order valence-electron chi connectivity index (χ1n) is 11.7. The fraction of sp³-hybridized carbons (Fsp3) is 0.167. The summed E-state index contributed by atoms with van der Waals surface area (Å²) in [6, 6.07) is 34.3. The van der Waals surface area contributed by atoms with Gasteiger partial charge in [-0.2, -0.15) is 0 Å². The van der Waals surface area contributed by atoms with E-state index in [4.69, 9.17) is 4.74 Å². The van der Waals surface area contributed by atoms with Crippen molar-refractivity contribution < 1.29 is 9.53 Å². The fourth-order valence-corrected chi connectivity index (χ4v) is 4.69. The molecule has 0 saturated heterocycles. The molecule has 0 saturated carbocycles. The number of rotatable bonds is 6. The molecule has 0 aromatic heterocycles. The first kappa shape index (κ1) is 22.5. The first-order valence-corrected chi connectivity index (χ1v) is 11.7. The van der Waals surface area contributed by atoms with Crippen molar-refractivity contribution in [1.82, 2.24) is 0 Å². The molecule has 0 N–H and O–H groups in total. The number of hydrogen-bond donors (Lipinski definition) is 0. The van der Waals surface area contributed by atoms with Crippen LogP contribution in [0.3, 0.4) is 0 Å². The third-order valence-electron chi connectivity index (χ3n) is 6.48. The van der Waals surface area contributed by atoms with Gasteiger partial charge in [-0.15, -0.1) is 0 Å². The van der Waals surface area contributed by atoms with Gasteiger partial charge in [-0.25, -0.2) is 4.79 Å². The number of benzene rings is 4. The van der Waals surface area contributed by atoms with Crippen LogP contribution in [0.2, 0.25) is 0 Å². The van der Waals surface area contributed by atoms with Gasteiger partial charge in [0.05, 0.1) is 5.56 Å². The highest BCUT2D eigenvalue weighted by molar-refractivity contribution is 5.97. The minimum atomic E-state index is -1.17. The monoisotopic (exact) mass is 463 g/mol. The average molecular weight is 464 g/mol. The van der Waals surface area contributed by atoms with Gasteiger partial charge in [-0.1, -0.05) is 48.5 Å². The Morgan fingerprint density at radius 3 is 1.66 bits per heavy atom. The summed E-state index contributed by atoms with van der Waals surface area (Å²) in [7, 11) is 8.07. The lowest BCUT2D eigenvalue weighted by Crippen LogP contribution is -2.45. The van der Waals surface area contributed by atoms with E-state index in [1.165, 1.54) is 0 Å². The summed E-state index contributed by atoms with van der Waals surface area (Å²) in [5.74, 6) is -0.330. The summed E-state index contributed by atoms with van der Waals surface area (Å²) < 4.78 is 6.42. The Morgan fingerprint density at radius 1 is 0.571 bits per heavy atom. The maximum atomic E-state index is 13.3. The molecule has 0 radical (unpaired) electrons. The van der Waals surface area contributed by atoms with Gasteiger partial charge in [0.1, 0.15) is 0 Å². The quantitative estimate of drug-likeness (QED) is 0.326. The molecule has 4 aromatic rings. The molecule has 0 amide bonds. The Morgan fingerprint density at radius 2 is 1.06 bits per heavy atom.